The van der Waals surface area contributed by atoms with Gasteiger partial charge >= 0.3 is 5.97 Å². The number of methoxy groups -OCH3 is 3. The second kappa shape index (κ2) is 9.78. The van der Waals surface area contributed by atoms with E-state index in [1.165, 1.54) is 24.0 Å². The molecule has 31 heavy (non-hydrogen) atoms. The molecule has 1 aromatic heterocycles. The largest absolute Gasteiger partial charge is 0.497 e. The molecule has 0 aliphatic carbocycles. The van der Waals surface area contributed by atoms with E-state index in [-0.39, 0.29) is 18.9 Å². The highest BCUT2D eigenvalue weighted by Gasteiger charge is 2.14. The van der Waals surface area contributed by atoms with Crippen molar-refractivity contribution in [3.8, 4) is 11.5 Å². The van der Waals surface area contributed by atoms with E-state index in [2.05, 4.69) is 24.9 Å². The Morgan fingerprint density at radius 2 is 1.84 bits per heavy atom. The quantitative estimate of drug-likeness (QED) is 0.522. The van der Waals surface area contributed by atoms with Crippen LogP contribution in [0.5, 0.6) is 11.5 Å². The Morgan fingerprint density at radius 1 is 1.06 bits per heavy atom. The number of aromatic nitrogens is 1. The molecule has 8 heteroatoms. The number of nitrogens with zero attached hydrogens (tertiary/aromatic N) is 2. The molecule has 0 atom stereocenters. The fourth-order valence-corrected chi connectivity index (χ4v) is 4.28. The highest BCUT2D eigenvalue weighted by atomic mass is 32.1. The lowest BCUT2D eigenvalue weighted by molar-refractivity contribution is -0.141. The Labute approximate surface area is 184 Å². The summed E-state index contributed by atoms with van der Waals surface area (Å²) in [6.45, 7) is 4.22. The van der Waals surface area contributed by atoms with Gasteiger partial charge in [0.1, 0.15) is 18.0 Å². The molecule has 0 saturated carbocycles. The fraction of sp³-hybridized carbons (Fsp3) is 0.348. The van der Waals surface area contributed by atoms with E-state index in [0.717, 1.165) is 10.2 Å². The number of rotatable bonds is 7. The summed E-state index contributed by atoms with van der Waals surface area (Å²) >= 11 is 1.38. The molecule has 0 unspecified atom stereocenters. The van der Waals surface area contributed by atoms with Crippen LogP contribution in [-0.2, 0) is 27.3 Å². The van der Waals surface area contributed by atoms with Crippen molar-refractivity contribution in [1.29, 1.82) is 0 Å². The predicted molar refractivity (Wildman–Crippen MR) is 120 cm³/mol. The van der Waals surface area contributed by atoms with Crippen LogP contribution >= 0.6 is 11.3 Å². The number of carbonyl (C=O) groups excluding carboxylic acids is 2. The summed E-state index contributed by atoms with van der Waals surface area (Å²) in [6.07, 6.45) is 0.0664. The Balaban J connectivity index is 2.02. The summed E-state index contributed by atoms with van der Waals surface area (Å²) in [6, 6.07) is 11.4. The van der Waals surface area contributed by atoms with E-state index in [4.69, 9.17) is 14.2 Å². The Kier molecular flexibility index (Phi) is 7.12. The number of thiazole rings is 1. The number of benzene rings is 2. The SMILES string of the molecule is COC(=O)Cn1c(=NC(=O)Cc2ccc(OC)cc2OC)sc2cc(C(C)C)ccc21. The van der Waals surface area contributed by atoms with Crippen LogP contribution in [0, 0.1) is 0 Å². The zero-order valence-electron chi connectivity index (χ0n) is 18.3. The van der Waals surface area contributed by atoms with Gasteiger partial charge in [-0.3, -0.25) is 9.59 Å². The Morgan fingerprint density at radius 3 is 2.48 bits per heavy atom. The lowest BCUT2D eigenvalue weighted by Crippen LogP contribution is -2.22. The maximum Gasteiger partial charge on any atom is 0.325 e. The first-order valence-corrected chi connectivity index (χ1v) is 10.7. The lowest BCUT2D eigenvalue weighted by Gasteiger charge is -2.09. The van der Waals surface area contributed by atoms with E-state index in [1.807, 2.05) is 12.1 Å². The number of esters is 1. The standard InChI is InChI=1S/C23H26N2O5S/c1-14(2)15-7-9-18-20(10-15)31-23(25(18)13-22(27)30-5)24-21(26)11-16-6-8-17(28-3)12-19(16)29-4/h6-10,12,14H,11,13H2,1-5H3. The molecular formula is C23H26N2O5S. The Hall–Kier alpha value is -3.13. The molecule has 1 amide bonds. The summed E-state index contributed by atoms with van der Waals surface area (Å²) in [7, 11) is 4.45. The van der Waals surface area contributed by atoms with Crippen LogP contribution in [0.4, 0.5) is 0 Å². The van der Waals surface area contributed by atoms with Gasteiger partial charge in [0.2, 0.25) is 0 Å². The maximum absolute atomic E-state index is 12.8. The van der Waals surface area contributed by atoms with Gasteiger partial charge in [-0.15, -0.1) is 0 Å². The first-order valence-electron chi connectivity index (χ1n) is 9.84. The van der Waals surface area contributed by atoms with Gasteiger partial charge in [0.05, 0.1) is 38.0 Å². The highest BCUT2D eigenvalue weighted by Crippen LogP contribution is 2.26. The van der Waals surface area contributed by atoms with Crippen molar-refractivity contribution in [2.24, 2.45) is 4.99 Å². The zero-order valence-corrected chi connectivity index (χ0v) is 19.1. The van der Waals surface area contributed by atoms with Crippen LogP contribution in [0.1, 0.15) is 30.9 Å². The summed E-state index contributed by atoms with van der Waals surface area (Å²) in [4.78, 5) is 29.5. The minimum Gasteiger partial charge on any atom is -0.497 e. The molecule has 7 nitrogen and oxygen atoms in total. The van der Waals surface area contributed by atoms with Crippen molar-refractivity contribution in [3.05, 3.63) is 52.3 Å². The minimum atomic E-state index is -0.404. The van der Waals surface area contributed by atoms with Crippen molar-refractivity contribution in [2.45, 2.75) is 32.7 Å². The molecule has 1 heterocycles. The average Bonchev–Trinajstić information content (AvgIpc) is 3.09. The summed E-state index contributed by atoms with van der Waals surface area (Å²) in [5.41, 5.74) is 2.73. The zero-order chi connectivity index (χ0) is 22.5. The van der Waals surface area contributed by atoms with Gasteiger partial charge in [-0.05, 0) is 29.7 Å². The van der Waals surface area contributed by atoms with E-state index >= 15 is 0 Å². The molecule has 164 valence electrons. The van der Waals surface area contributed by atoms with Gasteiger partial charge in [-0.1, -0.05) is 37.3 Å². The van der Waals surface area contributed by atoms with Crippen molar-refractivity contribution in [1.82, 2.24) is 4.57 Å². The predicted octanol–water partition coefficient (Wildman–Crippen LogP) is 3.69. The van der Waals surface area contributed by atoms with E-state index in [9.17, 15) is 9.59 Å². The number of amides is 1. The van der Waals surface area contributed by atoms with Gasteiger partial charge in [-0.25, -0.2) is 0 Å². The molecule has 3 aromatic rings. The average molecular weight is 443 g/mol. The summed E-state index contributed by atoms with van der Waals surface area (Å²) < 4.78 is 18.1. The smallest absolute Gasteiger partial charge is 0.325 e. The van der Waals surface area contributed by atoms with Gasteiger partial charge in [-0.2, -0.15) is 4.99 Å². The number of hydrogen-bond donors (Lipinski definition) is 0. The first-order chi connectivity index (χ1) is 14.9. The van der Waals surface area contributed by atoms with Crippen molar-refractivity contribution in [3.63, 3.8) is 0 Å². The number of carbonyl (C=O) groups is 2. The van der Waals surface area contributed by atoms with Crippen molar-refractivity contribution >= 4 is 33.4 Å². The second-order valence-electron chi connectivity index (χ2n) is 7.29. The Bertz CT molecular complexity index is 1180. The van der Waals surface area contributed by atoms with Crippen molar-refractivity contribution < 1.29 is 23.8 Å². The van der Waals surface area contributed by atoms with Crippen LogP contribution in [-0.4, -0.2) is 37.8 Å². The van der Waals surface area contributed by atoms with Gasteiger partial charge < -0.3 is 18.8 Å². The van der Waals surface area contributed by atoms with Crippen LogP contribution in [0.25, 0.3) is 10.2 Å². The van der Waals surface area contributed by atoms with Crippen LogP contribution < -0.4 is 14.3 Å². The van der Waals surface area contributed by atoms with Crippen LogP contribution in [0.15, 0.2) is 41.4 Å². The normalized spacial score (nSPS) is 11.7. The topological polar surface area (TPSA) is 79.1 Å². The third-order valence-corrected chi connectivity index (χ3v) is 5.99. The first kappa shape index (κ1) is 22.6. The molecule has 0 saturated heterocycles. The third-order valence-electron chi connectivity index (χ3n) is 4.94. The second-order valence-corrected chi connectivity index (χ2v) is 8.30. The molecule has 0 aliphatic rings. The lowest BCUT2D eigenvalue weighted by atomic mass is 10.0. The minimum absolute atomic E-state index is 0.0184. The summed E-state index contributed by atoms with van der Waals surface area (Å²) in [5, 5.41) is 0. The number of fused-ring (bicyclic) bond motifs is 1. The molecule has 3 rings (SSSR count). The molecular weight excluding hydrogens is 416 g/mol. The molecule has 0 fully saturated rings. The van der Waals surface area contributed by atoms with E-state index in [1.54, 1.807) is 37.0 Å². The molecule has 0 aliphatic heterocycles. The van der Waals surface area contributed by atoms with Gasteiger partial charge in [0.25, 0.3) is 5.91 Å². The maximum atomic E-state index is 12.8. The molecule has 0 spiro atoms. The number of ether oxygens (including phenoxy) is 3. The van der Waals surface area contributed by atoms with Crippen molar-refractivity contribution in [2.75, 3.05) is 21.3 Å². The van der Waals surface area contributed by atoms with Gasteiger partial charge in [0.15, 0.2) is 4.80 Å². The van der Waals surface area contributed by atoms with Crippen LogP contribution in [0.3, 0.4) is 0 Å². The highest BCUT2D eigenvalue weighted by molar-refractivity contribution is 7.16. The molecule has 0 N–H and O–H groups in total. The monoisotopic (exact) mass is 442 g/mol. The number of hydrogen-bond acceptors (Lipinski definition) is 6. The van der Waals surface area contributed by atoms with Crippen LogP contribution in [0.2, 0.25) is 0 Å². The fourth-order valence-electron chi connectivity index (χ4n) is 3.19. The summed E-state index contributed by atoms with van der Waals surface area (Å²) in [5.74, 6) is 0.829. The molecule has 0 radical (unpaired) electrons. The van der Waals surface area contributed by atoms with Gasteiger partial charge in [0, 0.05) is 11.6 Å². The van der Waals surface area contributed by atoms with E-state index < -0.39 is 5.97 Å². The van der Waals surface area contributed by atoms with E-state index in [0.29, 0.717) is 27.8 Å². The molecule has 0 bridgehead atoms. The molecule has 2 aromatic carbocycles. The third kappa shape index (κ3) is 5.14.